The van der Waals surface area contributed by atoms with Gasteiger partial charge in [0.2, 0.25) is 11.8 Å². The van der Waals surface area contributed by atoms with Crippen molar-refractivity contribution in [3.8, 4) is 0 Å². The van der Waals surface area contributed by atoms with E-state index in [4.69, 9.17) is 0 Å². The maximum Gasteiger partial charge on any atom is 0.225 e. The van der Waals surface area contributed by atoms with E-state index in [1.807, 2.05) is 41.5 Å². The summed E-state index contributed by atoms with van der Waals surface area (Å²) in [5.74, 6) is -0.619. The van der Waals surface area contributed by atoms with Crippen molar-refractivity contribution in [2.24, 2.45) is 5.92 Å². The molecule has 2 rings (SSSR count). The molecule has 1 heterocycles. The second-order valence-corrected chi connectivity index (χ2v) is 12.4. The van der Waals surface area contributed by atoms with E-state index < -0.39 is 15.1 Å². The molecule has 0 aromatic heterocycles. The van der Waals surface area contributed by atoms with Crippen molar-refractivity contribution in [3.63, 3.8) is 0 Å². The highest BCUT2D eigenvalue weighted by Gasteiger charge is 2.32. The summed E-state index contributed by atoms with van der Waals surface area (Å²) in [6.45, 7) is 12.4. The first-order valence-corrected chi connectivity index (χ1v) is 13.7. The lowest BCUT2D eigenvalue weighted by atomic mass is 9.92. The van der Waals surface area contributed by atoms with Gasteiger partial charge in [-0.25, -0.2) is 12.8 Å². The number of nitrogens with zero attached hydrogens (tertiary/aromatic N) is 1. The minimum Gasteiger partial charge on any atom is -0.342 e. The van der Waals surface area contributed by atoms with Crippen molar-refractivity contribution in [3.05, 3.63) is 29.1 Å². The molecule has 186 valence electrons. The SMILES string of the molecule is CC(C)C(=O)N1CCC(S(=O)(=O)CCCC(=O)Nc2c(C(C)C)cc(F)cc2C(C)C)CC1. The summed E-state index contributed by atoms with van der Waals surface area (Å²) < 4.78 is 39.6. The number of anilines is 1. The molecule has 0 saturated carbocycles. The lowest BCUT2D eigenvalue weighted by molar-refractivity contribution is -0.135. The Morgan fingerprint density at radius 2 is 1.55 bits per heavy atom. The number of likely N-dealkylation sites (tertiary alicyclic amines) is 1. The molecule has 0 unspecified atom stereocenters. The van der Waals surface area contributed by atoms with Crippen molar-refractivity contribution in [1.29, 1.82) is 0 Å². The van der Waals surface area contributed by atoms with E-state index in [0.29, 0.717) is 31.6 Å². The van der Waals surface area contributed by atoms with Gasteiger partial charge in [0.25, 0.3) is 0 Å². The zero-order chi connectivity index (χ0) is 24.9. The lowest BCUT2D eigenvalue weighted by Gasteiger charge is -2.32. The normalized spacial score (nSPS) is 15.5. The Kier molecular flexibility index (Phi) is 9.47. The first kappa shape index (κ1) is 27.3. The standard InChI is InChI=1S/C25H39FN2O4S/c1-16(2)21-14-19(26)15-22(17(3)4)24(21)27-23(29)8-7-13-33(31,32)20-9-11-28(12-10-20)25(30)18(5)6/h14-18,20H,7-13H2,1-6H3,(H,27,29). The minimum absolute atomic E-state index is 0.0299. The number of rotatable bonds is 9. The molecule has 0 atom stereocenters. The quantitative estimate of drug-likeness (QED) is 0.545. The Hall–Kier alpha value is -1.96. The van der Waals surface area contributed by atoms with E-state index in [-0.39, 0.29) is 54.0 Å². The molecule has 1 N–H and O–H groups in total. The molecule has 1 aromatic carbocycles. The van der Waals surface area contributed by atoms with Crippen LogP contribution < -0.4 is 5.32 Å². The molecule has 1 aliphatic heterocycles. The maximum atomic E-state index is 14.1. The summed E-state index contributed by atoms with van der Waals surface area (Å²) in [6, 6.07) is 2.90. The molecule has 33 heavy (non-hydrogen) atoms. The molecule has 2 amide bonds. The topological polar surface area (TPSA) is 83.6 Å². The highest BCUT2D eigenvalue weighted by Crippen LogP contribution is 2.33. The van der Waals surface area contributed by atoms with Gasteiger partial charge in [0.05, 0.1) is 11.0 Å². The number of benzene rings is 1. The van der Waals surface area contributed by atoms with E-state index in [1.165, 1.54) is 12.1 Å². The fourth-order valence-electron chi connectivity index (χ4n) is 4.31. The second kappa shape index (κ2) is 11.4. The minimum atomic E-state index is -3.34. The van der Waals surface area contributed by atoms with Gasteiger partial charge in [-0.3, -0.25) is 9.59 Å². The second-order valence-electron chi connectivity index (χ2n) is 9.97. The molecule has 1 fully saturated rings. The predicted octanol–water partition coefficient (Wildman–Crippen LogP) is 4.85. The molecular weight excluding hydrogens is 443 g/mol. The van der Waals surface area contributed by atoms with Crippen LogP contribution in [0.2, 0.25) is 0 Å². The number of carbonyl (C=O) groups excluding carboxylic acids is 2. The fourth-order valence-corrected chi connectivity index (χ4v) is 6.12. The Morgan fingerprint density at radius 3 is 2.00 bits per heavy atom. The van der Waals surface area contributed by atoms with Crippen LogP contribution >= 0.6 is 0 Å². The summed E-state index contributed by atoms with van der Waals surface area (Å²) in [6.07, 6.45) is 1.20. The Balaban J connectivity index is 1.95. The fraction of sp³-hybridized carbons (Fsp3) is 0.680. The summed E-state index contributed by atoms with van der Waals surface area (Å²) in [4.78, 5) is 26.5. The van der Waals surface area contributed by atoms with Gasteiger partial charge in [-0.15, -0.1) is 0 Å². The van der Waals surface area contributed by atoms with Crippen molar-refractivity contribution in [1.82, 2.24) is 4.90 Å². The Bertz CT molecular complexity index is 920. The average molecular weight is 483 g/mol. The van der Waals surface area contributed by atoms with E-state index in [0.717, 1.165) is 11.1 Å². The van der Waals surface area contributed by atoms with E-state index in [2.05, 4.69) is 5.32 Å². The molecule has 0 bridgehead atoms. The van der Waals surface area contributed by atoms with E-state index in [1.54, 1.807) is 4.90 Å². The summed E-state index contributed by atoms with van der Waals surface area (Å²) in [7, 11) is -3.34. The van der Waals surface area contributed by atoms with Crippen molar-refractivity contribution >= 4 is 27.3 Å². The van der Waals surface area contributed by atoms with Gasteiger partial charge in [0, 0.05) is 31.1 Å². The van der Waals surface area contributed by atoms with Crippen molar-refractivity contribution < 1.29 is 22.4 Å². The monoisotopic (exact) mass is 482 g/mol. The number of amides is 2. The van der Waals surface area contributed by atoms with Crippen LogP contribution in [0.5, 0.6) is 0 Å². The van der Waals surface area contributed by atoms with Gasteiger partial charge >= 0.3 is 0 Å². The summed E-state index contributed by atoms with van der Waals surface area (Å²) in [5, 5.41) is 2.46. The van der Waals surface area contributed by atoms with Crippen LogP contribution in [0, 0.1) is 11.7 Å². The van der Waals surface area contributed by atoms with Crippen LogP contribution in [0.15, 0.2) is 12.1 Å². The van der Waals surface area contributed by atoms with Crippen LogP contribution in [0.1, 0.15) is 90.2 Å². The zero-order valence-electron chi connectivity index (χ0n) is 20.8. The molecular formula is C25H39FN2O4S. The smallest absolute Gasteiger partial charge is 0.225 e. The molecule has 1 aliphatic rings. The number of nitrogens with one attached hydrogen (secondary N) is 1. The Morgan fingerprint density at radius 1 is 1.03 bits per heavy atom. The predicted molar refractivity (Wildman–Crippen MR) is 131 cm³/mol. The molecule has 1 saturated heterocycles. The largest absolute Gasteiger partial charge is 0.342 e. The number of sulfone groups is 1. The van der Waals surface area contributed by atoms with Crippen LogP contribution in [-0.2, 0) is 19.4 Å². The molecule has 8 heteroatoms. The Labute approximate surface area is 198 Å². The van der Waals surface area contributed by atoms with E-state index >= 15 is 0 Å². The summed E-state index contributed by atoms with van der Waals surface area (Å²) >= 11 is 0. The third-order valence-electron chi connectivity index (χ3n) is 6.26. The molecule has 0 radical (unpaired) electrons. The highest BCUT2D eigenvalue weighted by molar-refractivity contribution is 7.92. The van der Waals surface area contributed by atoms with Gasteiger partial charge in [0.1, 0.15) is 5.82 Å². The van der Waals surface area contributed by atoms with Gasteiger partial charge in [-0.2, -0.15) is 0 Å². The van der Waals surface area contributed by atoms with Crippen molar-refractivity contribution in [2.45, 2.75) is 84.3 Å². The van der Waals surface area contributed by atoms with Crippen LogP contribution in [-0.4, -0.2) is 49.2 Å². The first-order valence-electron chi connectivity index (χ1n) is 12.0. The molecule has 1 aromatic rings. The van der Waals surface area contributed by atoms with Gasteiger partial charge in [-0.05, 0) is 54.4 Å². The first-order chi connectivity index (χ1) is 15.3. The summed E-state index contributed by atoms with van der Waals surface area (Å²) in [5.41, 5.74) is 2.11. The number of piperidine rings is 1. The van der Waals surface area contributed by atoms with Crippen LogP contribution in [0.4, 0.5) is 10.1 Å². The maximum absolute atomic E-state index is 14.1. The number of hydrogen-bond donors (Lipinski definition) is 1. The number of halogens is 1. The lowest BCUT2D eigenvalue weighted by Crippen LogP contribution is -2.44. The van der Waals surface area contributed by atoms with Crippen molar-refractivity contribution in [2.75, 3.05) is 24.2 Å². The van der Waals surface area contributed by atoms with Gasteiger partial charge in [0.15, 0.2) is 9.84 Å². The average Bonchev–Trinajstić information content (AvgIpc) is 2.73. The molecule has 0 spiro atoms. The molecule has 6 nitrogen and oxygen atoms in total. The zero-order valence-corrected chi connectivity index (χ0v) is 21.6. The third-order valence-corrected chi connectivity index (χ3v) is 8.61. The van der Waals surface area contributed by atoms with Gasteiger partial charge < -0.3 is 10.2 Å². The third kappa shape index (κ3) is 7.26. The van der Waals surface area contributed by atoms with Crippen LogP contribution in [0.25, 0.3) is 0 Å². The van der Waals surface area contributed by atoms with Crippen LogP contribution in [0.3, 0.4) is 0 Å². The number of carbonyl (C=O) groups is 2. The van der Waals surface area contributed by atoms with E-state index in [9.17, 15) is 22.4 Å². The highest BCUT2D eigenvalue weighted by atomic mass is 32.2. The van der Waals surface area contributed by atoms with Gasteiger partial charge in [-0.1, -0.05) is 41.5 Å². The number of hydrogen-bond acceptors (Lipinski definition) is 4. The molecule has 0 aliphatic carbocycles.